The molecule has 0 atom stereocenters. The molecule has 0 aliphatic carbocycles. The van der Waals surface area contributed by atoms with Crippen LogP contribution in [0, 0.1) is 27.7 Å². The van der Waals surface area contributed by atoms with Crippen LogP contribution in [0.25, 0.3) is 35.4 Å². The Hall–Kier alpha value is -7.56. The molecule has 0 aliphatic rings. The van der Waals surface area contributed by atoms with E-state index in [1.807, 2.05) is 0 Å². The normalized spacial score (nSPS) is 11.2. The van der Waals surface area contributed by atoms with Crippen LogP contribution in [0.3, 0.4) is 0 Å². The van der Waals surface area contributed by atoms with Crippen LogP contribution >= 0.6 is 0 Å². The third kappa shape index (κ3) is 9.75. The van der Waals surface area contributed by atoms with Gasteiger partial charge in [-0.25, -0.2) is 0 Å². The summed E-state index contributed by atoms with van der Waals surface area (Å²) in [6.45, 7) is 8.44. The van der Waals surface area contributed by atoms with Gasteiger partial charge in [-0.05, 0) is 134 Å². The second-order valence-corrected chi connectivity index (χ2v) is 15.3. The molecule has 8 aromatic rings. The van der Waals surface area contributed by atoms with E-state index >= 15 is 0 Å². The van der Waals surface area contributed by atoms with E-state index in [9.17, 15) is 0 Å². The van der Waals surface area contributed by atoms with Crippen molar-refractivity contribution < 1.29 is 0 Å². The summed E-state index contributed by atoms with van der Waals surface area (Å²) in [4.78, 5) is 0. The van der Waals surface area contributed by atoms with Gasteiger partial charge >= 0.3 is 0 Å². The first kappa shape index (κ1) is 39.3. The minimum Gasteiger partial charge on any atom is -0.294 e. The maximum Gasteiger partial charge on any atom is 0.0630 e. The molecule has 0 heterocycles. The average Bonchev–Trinajstić information content (AvgIpc) is 3.29. The van der Waals surface area contributed by atoms with Crippen LogP contribution in [0.15, 0.2) is 194 Å². The number of anilines is 6. The number of rotatable bonds is 13. The van der Waals surface area contributed by atoms with Gasteiger partial charge in [0.25, 0.3) is 0 Å². The van der Waals surface area contributed by atoms with Crippen molar-refractivity contribution in [3.05, 3.63) is 239 Å². The summed E-state index contributed by atoms with van der Waals surface area (Å²) in [6, 6.07) is 68.7. The van der Waals surface area contributed by atoms with Gasteiger partial charge in [-0.1, -0.05) is 168 Å². The number of nitrogens with zero attached hydrogens (tertiary/aromatic N) is 2. The monoisotopic (exact) mass is 778 g/mol. The molecule has 0 aromatic heterocycles. The van der Waals surface area contributed by atoms with E-state index in [0.717, 1.165) is 56.4 Å². The Bertz CT molecular complexity index is 2680. The molecule has 4 nitrogen and oxygen atoms in total. The minimum atomic E-state index is 1.03. The Morgan fingerprint density at radius 2 is 0.717 bits per heavy atom. The fourth-order valence-electron chi connectivity index (χ4n) is 7.08. The van der Waals surface area contributed by atoms with Crippen molar-refractivity contribution in [3.63, 3.8) is 0 Å². The van der Waals surface area contributed by atoms with E-state index in [0.29, 0.717) is 0 Å². The summed E-state index contributed by atoms with van der Waals surface area (Å²) in [7, 11) is 0. The van der Waals surface area contributed by atoms with E-state index in [-0.39, 0.29) is 0 Å². The van der Waals surface area contributed by atoms with Gasteiger partial charge in [0.15, 0.2) is 0 Å². The van der Waals surface area contributed by atoms with Crippen molar-refractivity contribution in [2.24, 2.45) is 0 Å². The highest BCUT2D eigenvalue weighted by Crippen LogP contribution is 2.32. The van der Waals surface area contributed by atoms with Crippen LogP contribution in [0.1, 0.15) is 44.5 Å². The lowest BCUT2D eigenvalue weighted by Gasteiger charge is -2.27. The fraction of sp³-hybridized carbons (Fsp3) is 0.0714. The van der Waals surface area contributed by atoms with Gasteiger partial charge in [-0.3, -0.25) is 20.9 Å². The highest BCUT2D eigenvalue weighted by Gasteiger charge is 2.13. The topological polar surface area (TPSA) is 30.5 Å². The molecule has 0 fully saturated rings. The van der Waals surface area contributed by atoms with Crippen molar-refractivity contribution in [2.75, 3.05) is 20.9 Å². The van der Waals surface area contributed by atoms with Crippen LogP contribution in [0.2, 0.25) is 0 Å². The Morgan fingerprint density at radius 1 is 0.333 bits per heavy atom. The lowest BCUT2D eigenvalue weighted by Crippen LogP contribution is -2.24. The Balaban J connectivity index is 1.07. The zero-order valence-electron chi connectivity index (χ0n) is 34.7. The third-order valence-corrected chi connectivity index (χ3v) is 10.6. The van der Waals surface area contributed by atoms with Gasteiger partial charge < -0.3 is 0 Å². The molecule has 294 valence electrons. The van der Waals surface area contributed by atoms with E-state index in [4.69, 9.17) is 0 Å². The van der Waals surface area contributed by atoms with Crippen molar-refractivity contribution in [2.45, 2.75) is 27.7 Å². The SMILES string of the molecule is Cc1ccc(NN(c2ccc(C)cc2)c2ccc(C=Cc3cccc(-c4ccccc4)c3C=Cc3ccc(N(Nc4ccc(C)cc4)c4ccc(C)cc4)cc3)cc2)cc1. The summed E-state index contributed by atoms with van der Waals surface area (Å²) >= 11 is 0. The van der Waals surface area contributed by atoms with Crippen LogP contribution in [0.5, 0.6) is 0 Å². The maximum atomic E-state index is 3.63. The molecule has 8 aromatic carbocycles. The molecule has 0 aliphatic heterocycles. The smallest absolute Gasteiger partial charge is 0.0630 e. The van der Waals surface area contributed by atoms with Crippen molar-refractivity contribution in [1.29, 1.82) is 0 Å². The van der Waals surface area contributed by atoms with Gasteiger partial charge in [-0.15, -0.1) is 0 Å². The molecule has 0 spiro atoms. The highest BCUT2D eigenvalue weighted by molar-refractivity contribution is 5.88. The van der Waals surface area contributed by atoms with Crippen LogP contribution in [0.4, 0.5) is 34.1 Å². The van der Waals surface area contributed by atoms with Crippen molar-refractivity contribution >= 4 is 58.4 Å². The number of nitrogens with one attached hydrogen (secondary N) is 2. The van der Waals surface area contributed by atoms with Gasteiger partial charge in [0.05, 0.1) is 34.1 Å². The molecule has 0 saturated heterocycles. The number of hydrazine groups is 2. The van der Waals surface area contributed by atoms with E-state index in [2.05, 4.69) is 267 Å². The molecule has 60 heavy (non-hydrogen) atoms. The number of benzene rings is 8. The molecule has 0 radical (unpaired) electrons. The van der Waals surface area contributed by atoms with Crippen LogP contribution in [-0.2, 0) is 0 Å². The molecule has 0 bridgehead atoms. The second kappa shape index (κ2) is 18.4. The molecule has 8 rings (SSSR count). The minimum absolute atomic E-state index is 1.03. The third-order valence-electron chi connectivity index (χ3n) is 10.6. The first-order chi connectivity index (χ1) is 29.3. The predicted molar refractivity (Wildman–Crippen MR) is 259 cm³/mol. The predicted octanol–water partition coefficient (Wildman–Crippen LogP) is 15.3. The number of aryl methyl sites for hydroxylation is 4. The summed E-state index contributed by atoms with van der Waals surface area (Å²) in [6.07, 6.45) is 8.88. The average molecular weight is 779 g/mol. The maximum absolute atomic E-state index is 3.63. The molecule has 0 unspecified atom stereocenters. The summed E-state index contributed by atoms with van der Waals surface area (Å²) in [5.41, 5.74) is 25.3. The van der Waals surface area contributed by atoms with Crippen LogP contribution < -0.4 is 20.9 Å². The summed E-state index contributed by atoms with van der Waals surface area (Å²) in [5.74, 6) is 0. The first-order valence-corrected chi connectivity index (χ1v) is 20.5. The van der Waals surface area contributed by atoms with Gasteiger partial charge in [0.2, 0.25) is 0 Å². The summed E-state index contributed by atoms with van der Waals surface area (Å²) < 4.78 is 0. The number of hydrogen-bond donors (Lipinski definition) is 2. The van der Waals surface area contributed by atoms with Gasteiger partial charge in [0.1, 0.15) is 0 Å². The highest BCUT2D eigenvalue weighted by atomic mass is 15.5. The molecule has 2 N–H and O–H groups in total. The summed E-state index contributed by atoms with van der Waals surface area (Å²) in [5, 5.41) is 4.27. The Morgan fingerprint density at radius 3 is 1.15 bits per heavy atom. The van der Waals surface area contributed by atoms with Gasteiger partial charge in [0, 0.05) is 0 Å². The standard InChI is InChI=1S/C56H50N4/c1-41-13-28-49(29-14-41)57-59(51-32-17-43(3)18-33-51)53-36-22-45(23-37-53)21-27-48-11-8-12-55(47-9-6-5-7-10-47)56(48)40-26-46-24-38-54(39-25-46)60(52-34-19-44(4)20-35-52)58-50-30-15-42(2)16-31-50/h5-40,57-58H,1-4H3. The Kier molecular flexibility index (Phi) is 12.0. The van der Waals surface area contributed by atoms with Gasteiger partial charge in [-0.2, -0.15) is 0 Å². The zero-order valence-corrected chi connectivity index (χ0v) is 34.7. The fourth-order valence-corrected chi connectivity index (χ4v) is 7.08. The molecule has 0 amide bonds. The van der Waals surface area contributed by atoms with Crippen molar-refractivity contribution in [3.8, 4) is 11.1 Å². The largest absolute Gasteiger partial charge is 0.294 e. The molecular weight excluding hydrogens is 729 g/mol. The second-order valence-electron chi connectivity index (χ2n) is 15.3. The molecular formula is C56H50N4. The lowest BCUT2D eigenvalue weighted by atomic mass is 9.94. The molecule has 4 heteroatoms. The van der Waals surface area contributed by atoms with E-state index in [1.54, 1.807) is 0 Å². The molecule has 0 saturated carbocycles. The quantitative estimate of drug-likeness (QED) is 0.0901. The lowest BCUT2D eigenvalue weighted by molar-refractivity contribution is 1.16. The Labute approximate surface area is 355 Å². The van der Waals surface area contributed by atoms with E-state index in [1.165, 1.54) is 33.4 Å². The van der Waals surface area contributed by atoms with Crippen molar-refractivity contribution in [1.82, 2.24) is 0 Å². The zero-order chi connectivity index (χ0) is 41.3. The first-order valence-electron chi connectivity index (χ1n) is 20.5. The number of hydrogen-bond acceptors (Lipinski definition) is 4. The van der Waals surface area contributed by atoms with E-state index < -0.39 is 0 Å². The van der Waals surface area contributed by atoms with Crippen LogP contribution in [-0.4, -0.2) is 0 Å².